The molecule has 7 nitrogen and oxygen atoms in total. The number of aromatic nitrogens is 1. The Hall–Kier alpha value is -1.80. The molecule has 4 atom stereocenters. The molecule has 1 N–H and O–H groups in total. The maximum atomic E-state index is 13.1. The monoisotopic (exact) mass is 431 g/mol. The Morgan fingerprint density at radius 3 is 2.61 bits per heavy atom. The van der Waals surface area contributed by atoms with Gasteiger partial charge < -0.3 is 23.8 Å². The lowest BCUT2D eigenvalue weighted by atomic mass is 9.43. The topological polar surface area (TPSA) is 86.9 Å². The predicted molar refractivity (Wildman–Crippen MR) is 117 cm³/mol. The number of hydrogen-bond acceptors (Lipinski definition) is 6. The van der Waals surface area contributed by atoms with Crippen LogP contribution in [0.1, 0.15) is 70.3 Å². The minimum absolute atomic E-state index is 0.105. The van der Waals surface area contributed by atoms with Crippen molar-refractivity contribution in [3.63, 3.8) is 0 Å². The van der Waals surface area contributed by atoms with E-state index in [9.17, 15) is 9.59 Å². The summed E-state index contributed by atoms with van der Waals surface area (Å²) >= 11 is 0. The summed E-state index contributed by atoms with van der Waals surface area (Å²) in [5, 5.41) is 0. The van der Waals surface area contributed by atoms with Gasteiger partial charge in [0.05, 0.1) is 18.8 Å². The van der Waals surface area contributed by atoms with Crippen molar-refractivity contribution in [3.05, 3.63) is 27.5 Å². The van der Waals surface area contributed by atoms with Crippen molar-refractivity contribution in [3.8, 4) is 5.88 Å². The molecule has 1 aromatic heterocycles. The third kappa shape index (κ3) is 3.71. The third-order valence-corrected chi connectivity index (χ3v) is 7.58. The molecule has 0 aromatic carbocycles. The molecule has 0 amide bonds. The molecule has 1 saturated heterocycles. The van der Waals surface area contributed by atoms with Crippen molar-refractivity contribution in [1.82, 2.24) is 4.98 Å². The molecule has 31 heavy (non-hydrogen) atoms. The second-order valence-corrected chi connectivity index (χ2v) is 11.0. The normalized spacial score (nSPS) is 31.1. The van der Waals surface area contributed by atoms with E-state index in [1.807, 2.05) is 0 Å². The Labute approximate surface area is 184 Å². The first-order valence-corrected chi connectivity index (χ1v) is 11.2. The first-order chi connectivity index (χ1) is 14.4. The SMILES string of the molecule is COc1[nH]cc(CCB2OC3CC4CC(C4(C)C)[C@]3(C)O2)c(=O)c1C(=O)OC(C)(C)C. The lowest BCUT2D eigenvalue weighted by molar-refractivity contribution is -0.199. The highest BCUT2D eigenvalue weighted by atomic mass is 16.7. The predicted octanol–water partition coefficient (Wildman–Crippen LogP) is 3.61. The maximum absolute atomic E-state index is 13.1. The zero-order valence-corrected chi connectivity index (χ0v) is 19.7. The van der Waals surface area contributed by atoms with E-state index in [1.165, 1.54) is 13.5 Å². The van der Waals surface area contributed by atoms with Gasteiger partial charge in [0.25, 0.3) is 0 Å². The molecule has 4 aliphatic rings. The fourth-order valence-electron chi connectivity index (χ4n) is 5.76. The van der Waals surface area contributed by atoms with Gasteiger partial charge in [-0.25, -0.2) is 4.79 Å². The van der Waals surface area contributed by atoms with Crippen LogP contribution < -0.4 is 10.2 Å². The molecular formula is C23H34BNO6. The second-order valence-electron chi connectivity index (χ2n) is 11.0. The van der Waals surface area contributed by atoms with Gasteiger partial charge >= 0.3 is 13.1 Å². The molecule has 1 aliphatic heterocycles. The summed E-state index contributed by atoms with van der Waals surface area (Å²) in [5.41, 5.74) is -0.689. The number of pyridine rings is 1. The number of ether oxygens (including phenoxy) is 2. The molecule has 2 heterocycles. The standard InChI is InChI=1S/C23H34BNO6/c1-21(2,3)29-20(27)17-18(26)13(12-25-19(17)28-7)8-9-24-30-16-11-14-10-15(22(14,4)5)23(16,6)31-24/h12,14-16H,8-11H2,1-7H3,(H,25,26)/t14?,15?,16?,23-/m0/s1. The van der Waals surface area contributed by atoms with Crippen LogP contribution in [-0.4, -0.2) is 42.5 Å². The van der Waals surface area contributed by atoms with Crippen molar-refractivity contribution >= 4 is 13.1 Å². The molecular weight excluding hydrogens is 397 g/mol. The minimum Gasteiger partial charge on any atom is -0.482 e. The summed E-state index contributed by atoms with van der Waals surface area (Å²) in [5.74, 6) is 0.605. The van der Waals surface area contributed by atoms with Crippen LogP contribution in [0, 0.1) is 17.3 Å². The van der Waals surface area contributed by atoms with Crippen LogP contribution in [0.3, 0.4) is 0 Å². The highest BCUT2D eigenvalue weighted by molar-refractivity contribution is 6.45. The van der Waals surface area contributed by atoms with E-state index in [-0.39, 0.29) is 35.7 Å². The number of nitrogens with one attached hydrogen (secondary N) is 1. The van der Waals surface area contributed by atoms with Gasteiger partial charge in [0.2, 0.25) is 11.3 Å². The van der Waals surface area contributed by atoms with Gasteiger partial charge in [-0.15, -0.1) is 0 Å². The number of carbonyl (C=O) groups excluding carboxylic acids is 1. The maximum Gasteiger partial charge on any atom is 0.457 e. The van der Waals surface area contributed by atoms with Gasteiger partial charge in [0.15, 0.2) is 5.56 Å². The van der Waals surface area contributed by atoms with Crippen LogP contribution in [0.2, 0.25) is 6.32 Å². The van der Waals surface area contributed by atoms with Crippen LogP contribution in [0.5, 0.6) is 5.88 Å². The molecule has 170 valence electrons. The zero-order valence-electron chi connectivity index (χ0n) is 19.7. The lowest BCUT2D eigenvalue weighted by Crippen LogP contribution is -2.65. The van der Waals surface area contributed by atoms with Crippen LogP contribution in [0.15, 0.2) is 11.0 Å². The summed E-state index contributed by atoms with van der Waals surface area (Å²) in [4.78, 5) is 28.6. The number of esters is 1. The largest absolute Gasteiger partial charge is 0.482 e. The molecule has 3 aliphatic carbocycles. The molecule has 4 fully saturated rings. The fourth-order valence-corrected chi connectivity index (χ4v) is 5.76. The highest BCUT2D eigenvalue weighted by Gasteiger charge is 2.67. The fraction of sp³-hybridized carbons (Fsp3) is 0.739. The Balaban J connectivity index is 1.48. The van der Waals surface area contributed by atoms with Crippen LogP contribution in [0.25, 0.3) is 0 Å². The first-order valence-electron chi connectivity index (χ1n) is 11.2. The van der Waals surface area contributed by atoms with Gasteiger partial charge in [-0.3, -0.25) is 4.79 Å². The summed E-state index contributed by atoms with van der Waals surface area (Å²) in [6, 6.07) is 0. The molecule has 5 rings (SSSR count). The molecule has 0 spiro atoms. The lowest BCUT2D eigenvalue weighted by Gasteiger charge is -2.64. The van der Waals surface area contributed by atoms with E-state index >= 15 is 0 Å². The molecule has 1 aromatic rings. The average Bonchev–Trinajstić information content (AvgIpc) is 3.00. The Kier molecular flexibility index (Phi) is 5.33. The van der Waals surface area contributed by atoms with E-state index in [4.69, 9.17) is 18.8 Å². The van der Waals surface area contributed by atoms with Crippen molar-refractivity contribution in [2.75, 3.05) is 7.11 Å². The number of aromatic amines is 1. The smallest absolute Gasteiger partial charge is 0.457 e. The summed E-state index contributed by atoms with van der Waals surface area (Å²) in [6.45, 7) is 12.1. The second kappa shape index (κ2) is 7.37. The summed E-state index contributed by atoms with van der Waals surface area (Å²) in [7, 11) is 1.06. The van der Waals surface area contributed by atoms with Crippen molar-refractivity contribution < 1.29 is 23.6 Å². The Morgan fingerprint density at radius 1 is 1.29 bits per heavy atom. The summed E-state index contributed by atoms with van der Waals surface area (Å²) < 4.78 is 23.3. The molecule has 2 bridgehead atoms. The first kappa shape index (κ1) is 22.4. The van der Waals surface area contributed by atoms with Gasteiger partial charge in [-0.1, -0.05) is 13.8 Å². The minimum atomic E-state index is -0.712. The number of hydrogen-bond donors (Lipinski definition) is 1. The van der Waals surface area contributed by atoms with Gasteiger partial charge in [0.1, 0.15) is 5.60 Å². The summed E-state index contributed by atoms with van der Waals surface area (Å²) in [6.07, 6.45) is 4.92. The zero-order chi connectivity index (χ0) is 22.8. The van der Waals surface area contributed by atoms with Gasteiger partial charge in [0, 0.05) is 11.8 Å². The quantitative estimate of drug-likeness (QED) is 0.566. The molecule has 3 saturated carbocycles. The average molecular weight is 431 g/mol. The van der Waals surface area contributed by atoms with E-state index in [2.05, 4.69) is 25.8 Å². The van der Waals surface area contributed by atoms with Crippen molar-refractivity contribution in [2.45, 2.75) is 84.4 Å². The number of rotatable bonds is 5. The highest BCUT2D eigenvalue weighted by Crippen LogP contribution is 2.65. The van der Waals surface area contributed by atoms with Crippen LogP contribution in [-0.2, 0) is 20.5 Å². The van der Waals surface area contributed by atoms with Gasteiger partial charge in [-0.2, -0.15) is 0 Å². The number of methoxy groups -OCH3 is 1. The van der Waals surface area contributed by atoms with Crippen molar-refractivity contribution in [1.29, 1.82) is 0 Å². The molecule has 0 radical (unpaired) electrons. The molecule has 8 heteroatoms. The van der Waals surface area contributed by atoms with Gasteiger partial charge in [-0.05, 0) is 70.5 Å². The van der Waals surface area contributed by atoms with Crippen LogP contribution in [0.4, 0.5) is 0 Å². The van der Waals surface area contributed by atoms with Crippen LogP contribution >= 0.6 is 0 Å². The number of aryl methyl sites for hydroxylation is 1. The Bertz CT molecular complexity index is 935. The van der Waals surface area contributed by atoms with E-state index in [1.54, 1.807) is 27.0 Å². The Morgan fingerprint density at radius 2 is 2.00 bits per heavy atom. The van der Waals surface area contributed by atoms with E-state index in [0.29, 0.717) is 35.6 Å². The van der Waals surface area contributed by atoms with Crippen molar-refractivity contribution in [2.24, 2.45) is 17.3 Å². The third-order valence-electron chi connectivity index (χ3n) is 7.58. The number of carbonyl (C=O) groups is 1. The van der Waals surface area contributed by atoms with E-state index < -0.39 is 11.6 Å². The van der Waals surface area contributed by atoms with E-state index in [0.717, 1.165) is 6.42 Å². The number of H-pyrrole nitrogens is 1. The molecule has 3 unspecified atom stereocenters.